The van der Waals surface area contributed by atoms with Gasteiger partial charge in [0.05, 0.1) is 6.20 Å². The first kappa shape index (κ1) is 24.1. The van der Waals surface area contributed by atoms with Crippen LogP contribution in [0.3, 0.4) is 0 Å². The number of nitrogens with zero attached hydrogens (tertiary/aromatic N) is 5. The molecule has 170 valence electrons. The summed E-state index contributed by atoms with van der Waals surface area (Å²) in [5, 5.41) is 21.0. The number of aromatic carboxylic acids is 1. The Hall–Kier alpha value is -3.15. The molecule has 2 aromatic heterocycles. The lowest BCUT2D eigenvalue weighted by molar-refractivity contribution is -0.192. The fraction of sp³-hybridized carbons (Fsp3) is 0.474. The highest BCUT2D eigenvalue weighted by Crippen LogP contribution is 2.28. The van der Waals surface area contributed by atoms with E-state index >= 15 is 0 Å². The predicted molar refractivity (Wildman–Crippen MR) is 105 cm³/mol. The van der Waals surface area contributed by atoms with Gasteiger partial charge in [-0.3, -0.25) is 9.58 Å². The zero-order valence-electron chi connectivity index (χ0n) is 17.3. The maximum Gasteiger partial charge on any atom is 0.490 e. The van der Waals surface area contributed by atoms with Gasteiger partial charge in [0.15, 0.2) is 0 Å². The molecule has 3 rings (SSSR count). The molecule has 12 heteroatoms. The van der Waals surface area contributed by atoms with Crippen LogP contribution in [0.2, 0.25) is 0 Å². The van der Waals surface area contributed by atoms with Crippen molar-refractivity contribution >= 4 is 17.8 Å². The maximum absolute atomic E-state index is 11.8. The van der Waals surface area contributed by atoms with E-state index in [2.05, 4.69) is 15.0 Å². The van der Waals surface area contributed by atoms with Crippen LogP contribution in [0.15, 0.2) is 18.6 Å². The topological polar surface area (TPSA) is 112 Å². The van der Waals surface area contributed by atoms with Gasteiger partial charge in [0.25, 0.3) is 0 Å². The van der Waals surface area contributed by atoms with Crippen LogP contribution in [0.4, 0.5) is 19.0 Å². The first-order valence-corrected chi connectivity index (χ1v) is 9.39. The number of pyridine rings is 1. The van der Waals surface area contributed by atoms with Crippen LogP contribution in [0, 0.1) is 0 Å². The molecule has 31 heavy (non-hydrogen) atoms. The molecule has 1 aliphatic rings. The fourth-order valence-electron chi connectivity index (χ4n) is 3.20. The SMILES string of the molecule is CCN(C)c1ncc2c(c1C(=O)O)CCN(Cc1cnn(C)c1)C2.O=C(O)C(F)(F)F. The highest BCUT2D eigenvalue weighted by molar-refractivity contribution is 5.95. The van der Waals surface area contributed by atoms with E-state index in [1.54, 1.807) is 4.68 Å². The first-order valence-electron chi connectivity index (χ1n) is 9.39. The fourth-order valence-corrected chi connectivity index (χ4v) is 3.20. The average molecular weight is 443 g/mol. The third kappa shape index (κ3) is 6.17. The van der Waals surface area contributed by atoms with Gasteiger partial charge in [0, 0.05) is 58.2 Å². The Morgan fingerprint density at radius 3 is 2.39 bits per heavy atom. The molecule has 9 nitrogen and oxygen atoms in total. The smallest absolute Gasteiger partial charge is 0.478 e. The molecule has 0 aromatic carbocycles. The normalized spacial score (nSPS) is 13.7. The monoisotopic (exact) mass is 443 g/mol. The minimum absolute atomic E-state index is 0.359. The largest absolute Gasteiger partial charge is 0.490 e. The Labute approximate surface area is 176 Å². The molecule has 0 aliphatic carbocycles. The summed E-state index contributed by atoms with van der Waals surface area (Å²) in [6, 6.07) is 0. The van der Waals surface area contributed by atoms with Gasteiger partial charge in [-0.05, 0) is 24.5 Å². The van der Waals surface area contributed by atoms with Crippen LogP contribution >= 0.6 is 0 Å². The van der Waals surface area contributed by atoms with Gasteiger partial charge in [-0.15, -0.1) is 0 Å². The van der Waals surface area contributed by atoms with Crippen LogP contribution in [-0.2, 0) is 31.4 Å². The summed E-state index contributed by atoms with van der Waals surface area (Å²) in [4.78, 5) is 29.3. The summed E-state index contributed by atoms with van der Waals surface area (Å²) in [5.74, 6) is -3.09. The van der Waals surface area contributed by atoms with E-state index in [-0.39, 0.29) is 0 Å². The van der Waals surface area contributed by atoms with Crippen molar-refractivity contribution in [1.82, 2.24) is 19.7 Å². The number of hydrogen-bond donors (Lipinski definition) is 2. The number of aliphatic carboxylic acids is 1. The summed E-state index contributed by atoms with van der Waals surface area (Å²) in [6.07, 6.45) is 1.36. The van der Waals surface area contributed by atoms with E-state index in [0.717, 1.165) is 42.7 Å². The Kier molecular flexibility index (Phi) is 7.60. The molecule has 2 aromatic rings. The van der Waals surface area contributed by atoms with Crippen LogP contribution in [-0.4, -0.2) is 68.1 Å². The zero-order valence-corrected chi connectivity index (χ0v) is 17.3. The third-order valence-corrected chi connectivity index (χ3v) is 4.78. The molecule has 0 saturated heterocycles. The summed E-state index contributed by atoms with van der Waals surface area (Å²) < 4.78 is 33.5. The average Bonchev–Trinajstić information content (AvgIpc) is 3.10. The van der Waals surface area contributed by atoms with E-state index in [0.29, 0.717) is 17.9 Å². The van der Waals surface area contributed by atoms with Gasteiger partial charge >= 0.3 is 18.1 Å². The summed E-state index contributed by atoms with van der Waals surface area (Å²) >= 11 is 0. The Bertz CT molecular complexity index is 945. The number of aryl methyl sites for hydroxylation is 1. The van der Waals surface area contributed by atoms with Crippen molar-refractivity contribution in [2.75, 3.05) is 25.0 Å². The van der Waals surface area contributed by atoms with Crippen molar-refractivity contribution in [2.24, 2.45) is 7.05 Å². The molecular formula is C19H24F3N5O4. The minimum atomic E-state index is -5.08. The highest BCUT2D eigenvalue weighted by Gasteiger charge is 2.38. The lowest BCUT2D eigenvalue weighted by Crippen LogP contribution is -2.32. The molecule has 3 heterocycles. The molecule has 0 saturated carbocycles. The number of carboxylic acid groups (broad SMARTS) is 2. The second-order valence-corrected chi connectivity index (χ2v) is 7.07. The predicted octanol–water partition coefficient (Wildman–Crippen LogP) is 2.16. The second kappa shape index (κ2) is 9.77. The summed E-state index contributed by atoms with van der Waals surface area (Å²) in [7, 11) is 3.78. The van der Waals surface area contributed by atoms with Crippen molar-refractivity contribution < 1.29 is 33.0 Å². The van der Waals surface area contributed by atoms with Crippen LogP contribution in [0.1, 0.15) is 34.0 Å². The number of carboxylic acids is 2. The van der Waals surface area contributed by atoms with Crippen molar-refractivity contribution in [1.29, 1.82) is 0 Å². The molecule has 0 amide bonds. The van der Waals surface area contributed by atoms with E-state index in [9.17, 15) is 23.1 Å². The number of alkyl halides is 3. The van der Waals surface area contributed by atoms with Crippen LogP contribution < -0.4 is 4.90 Å². The molecule has 0 atom stereocenters. The molecule has 0 radical (unpaired) electrons. The van der Waals surface area contributed by atoms with E-state index in [1.165, 1.54) is 0 Å². The first-order chi connectivity index (χ1) is 14.4. The lowest BCUT2D eigenvalue weighted by atomic mass is 9.95. The van der Waals surface area contributed by atoms with Gasteiger partial charge in [-0.1, -0.05) is 0 Å². The Morgan fingerprint density at radius 2 is 1.90 bits per heavy atom. The number of carbonyl (C=O) groups is 2. The summed E-state index contributed by atoms with van der Waals surface area (Å²) in [5.41, 5.74) is 3.46. The quantitative estimate of drug-likeness (QED) is 0.723. The lowest BCUT2D eigenvalue weighted by Gasteiger charge is -2.30. The van der Waals surface area contributed by atoms with Crippen LogP contribution in [0.5, 0.6) is 0 Å². The molecule has 0 spiro atoms. The molecule has 0 bridgehead atoms. The molecule has 2 N–H and O–H groups in total. The third-order valence-electron chi connectivity index (χ3n) is 4.78. The second-order valence-electron chi connectivity index (χ2n) is 7.07. The van der Waals surface area contributed by atoms with Crippen molar-refractivity contribution in [3.05, 3.63) is 40.8 Å². The molecular weight excluding hydrogens is 419 g/mol. The van der Waals surface area contributed by atoms with Gasteiger partial charge in [-0.25, -0.2) is 14.6 Å². The van der Waals surface area contributed by atoms with Gasteiger partial charge in [-0.2, -0.15) is 18.3 Å². The zero-order chi connectivity index (χ0) is 23.3. The number of rotatable bonds is 5. The number of fused-ring (bicyclic) bond motifs is 1. The maximum atomic E-state index is 11.8. The summed E-state index contributed by atoms with van der Waals surface area (Å²) in [6.45, 7) is 5.07. The van der Waals surface area contributed by atoms with Crippen LogP contribution in [0.25, 0.3) is 0 Å². The van der Waals surface area contributed by atoms with Gasteiger partial charge < -0.3 is 15.1 Å². The Morgan fingerprint density at radius 1 is 1.26 bits per heavy atom. The Balaban J connectivity index is 0.000000423. The van der Waals surface area contributed by atoms with Gasteiger partial charge in [0.1, 0.15) is 11.4 Å². The van der Waals surface area contributed by atoms with Gasteiger partial charge in [0.2, 0.25) is 0 Å². The molecule has 0 fully saturated rings. The highest BCUT2D eigenvalue weighted by atomic mass is 19.4. The number of hydrogen-bond acceptors (Lipinski definition) is 6. The van der Waals surface area contributed by atoms with E-state index < -0.39 is 18.1 Å². The van der Waals surface area contributed by atoms with Crippen molar-refractivity contribution in [3.63, 3.8) is 0 Å². The van der Waals surface area contributed by atoms with Crippen molar-refractivity contribution in [2.45, 2.75) is 32.6 Å². The van der Waals surface area contributed by atoms with E-state index in [1.807, 2.05) is 44.5 Å². The molecule has 0 unspecified atom stereocenters. The standard InChI is InChI=1S/C17H23N5O2.C2HF3O2/c1-4-20(2)16-15(17(23)24)14-5-6-22(11-13(14)8-18-16)10-12-7-19-21(3)9-12;3-2(4,5)1(6)7/h7-9H,4-6,10-11H2,1-3H3,(H,23,24);(H,6,7). The van der Waals surface area contributed by atoms with E-state index in [4.69, 9.17) is 9.90 Å². The molecule has 1 aliphatic heterocycles. The van der Waals surface area contributed by atoms with Crippen molar-refractivity contribution in [3.8, 4) is 0 Å². The minimum Gasteiger partial charge on any atom is -0.478 e. The number of aromatic nitrogens is 3. The number of halogens is 3. The number of anilines is 1.